The number of anilines is 3. The van der Waals surface area contributed by atoms with Crippen LogP contribution in [0, 0.1) is 0 Å². The summed E-state index contributed by atoms with van der Waals surface area (Å²) in [5, 5.41) is 3.26. The topological polar surface area (TPSA) is 151 Å². The van der Waals surface area contributed by atoms with Gasteiger partial charge in [-0.2, -0.15) is 9.97 Å². The highest BCUT2D eigenvalue weighted by molar-refractivity contribution is 7.53. The molecule has 2 aromatic heterocycles. The molecule has 3 rings (SSSR count). The Morgan fingerprint density at radius 3 is 2.52 bits per heavy atom. The molecule has 2 heterocycles. The van der Waals surface area contributed by atoms with E-state index in [0.29, 0.717) is 36.2 Å². The molecule has 0 aliphatic carbocycles. The largest absolute Gasteiger partial charge is 0.382 e. The van der Waals surface area contributed by atoms with Gasteiger partial charge in [-0.05, 0) is 24.6 Å². The number of nitrogens with one attached hydrogen (secondary N) is 1. The number of nitrogens with two attached hydrogens (primary N) is 2. The number of benzene rings is 1. The van der Waals surface area contributed by atoms with E-state index in [1.165, 1.54) is 0 Å². The Hall–Kier alpha value is -2.81. The molecule has 11 heteroatoms. The van der Waals surface area contributed by atoms with E-state index in [-0.39, 0.29) is 18.4 Å². The van der Waals surface area contributed by atoms with Gasteiger partial charge in [-0.25, -0.2) is 9.97 Å². The van der Waals surface area contributed by atoms with Crippen LogP contribution in [0.5, 0.6) is 0 Å². The first-order chi connectivity index (χ1) is 13.9. The van der Waals surface area contributed by atoms with E-state index in [4.69, 9.17) is 20.5 Å². The highest BCUT2D eigenvalue weighted by Crippen LogP contribution is 2.48. The normalized spacial score (nSPS) is 13.3. The van der Waals surface area contributed by atoms with Crippen LogP contribution < -0.4 is 16.8 Å². The van der Waals surface area contributed by atoms with Crippen molar-refractivity contribution in [2.75, 3.05) is 29.6 Å². The van der Waals surface area contributed by atoms with Gasteiger partial charge < -0.3 is 25.8 Å². The van der Waals surface area contributed by atoms with Gasteiger partial charge in [0.2, 0.25) is 5.95 Å². The van der Waals surface area contributed by atoms with E-state index >= 15 is 0 Å². The Morgan fingerprint density at radius 2 is 1.83 bits per heavy atom. The van der Waals surface area contributed by atoms with Crippen LogP contribution in [0.2, 0.25) is 0 Å². The number of hydrogen-bond donors (Lipinski definition) is 3. The molecule has 154 valence electrons. The van der Waals surface area contributed by atoms with Crippen molar-refractivity contribution in [1.29, 1.82) is 0 Å². The summed E-state index contributed by atoms with van der Waals surface area (Å²) in [6.45, 7) is 4.61. The summed E-state index contributed by atoms with van der Waals surface area (Å²) in [5.74, 6) is 0.262. The van der Waals surface area contributed by atoms with E-state index in [1.54, 1.807) is 20.0 Å². The first kappa shape index (κ1) is 20.9. The van der Waals surface area contributed by atoms with Gasteiger partial charge in [-0.15, -0.1) is 0 Å². The summed E-state index contributed by atoms with van der Waals surface area (Å²) < 4.78 is 23.1. The summed E-state index contributed by atoms with van der Waals surface area (Å²) >= 11 is 0. The molecule has 0 fully saturated rings. The van der Waals surface area contributed by atoms with Gasteiger partial charge in [0.05, 0.1) is 31.6 Å². The number of nitrogen functional groups attached to an aromatic ring is 2. The van der Waals surface area contributed by atoms with Crippen LogP contribution in [0.1, 0.15) is 25.1 Å². The Balaban J connectivity index is 1.60. The van der Waals surface area contributed by atoms with Gasteiger partial charge in [0.25, 0.3) is 0 Å². The molecule has 5 N–H and O–H groups in total. The molecule has 0 aliphatic heterocycles. The highest BCUT2D eigenvalue weighted by Gasteiger charge is 2.20. The van der Waals surface area contributed by atoms with Crippen molar-refractivity contribution in [2.24, 2.45) is 0 Å². The molecule has 0 saturated carbocycles. The van der Waals surface area contributed by atoms with Crippen molar-refractivity contribution >= 4 is 36.2 Å². The molecule has 1 atom stereocenters. The molecule has 1 unspecified atom stereocenters. The molecule has 0 aliphatic rings. The molecule has 0 radical (unpaired) electrons. The van der Waals surface area contributed by atoms with Crippen LogP contribution in [-0.2, 0) is 26.8 Å². The predicted molar refractivity (Wildman–Crippen MR) is 112 cm³/mol. The smallest absolute Gasteiger partial charge is 0.330 e. The Morgan fingerprint density at radius 1 is 1.07 bits per heavy atom. The van der Waals surface area contributed by atoms with Crippen LogP contribution in [-0.4, -0.2) is 32.7 Å². The van der Waals surface area contributed by atoms with Crippen LogP contribution in [0.25, 0.3) is 11.2 Å². The Kier molecular flexibility index (Phi) is 6.58. The molecule has 10 nitrogen and oxygen atoms in total. The summed E-state index contributed by atoms with van der Waals surface area (Å²) in [4.78, 5) is 16.6. The highest BCUT2D eigenvalue weighted by atomic mass is 31.2. The van der Waals surface area contributed by atoms with Gasteiger partial charge in [0, 0.05) is 11.8 Å². The lowest BCUT2D eigenvalue weighted by molar-refractivity contribution is 0.206. The van der Waals surface area contributed by atoms with Crippen LogP contribution in [0.15, 0.2) is 30.5 Å². The van der Waals surface area contributed by atoms with Gasteiger partial charge >= 0.3 is 7.60 Å². The first-order valence-electron chi connectivity index (χ1n) is 9.18. The summed E-state index contributed by atoms with van der Waals surface area (Å²) in [7, 11) is -3.02. The Labute approximate surface area is 168 Å². The second-order valence-corrected chi connectivity index (χ2v) is 8.54. The molecular formula is C18H24N7O3P. The monoisotopic (exact) mass is 417 g/mol. The molecule has 1 aromatic carbocycles. The minimum atomic E-state index is -3.02. The third-order valence-electron chi connectivity index (χ3n) is 4.07. The maximum atomic E-state index is 12.3. The van der Waals surface area contributed by atoms with E-state index in [0.717, 1.165) is 11.3 Å². The van der Waals surface area contributed by atoms with Crippen molar-refractivity contribution < 1.29 is 13.6 Å². The second-order valence-electron chi connectivity index (χ2n) is 6.17. The van der Waals surface area contributed by atoms with Crippen molar-refractivity contribution in [2.45, 2.75) is 27.0 Å². The fraction of sp³-hybridized carbons (Fsp3) is 0.333. The molecule has 0 saturated heterocycles. The third-order valence-corrected chi connectivity index (χ3v) is 6.02. The van der Waals surface area contributed by atoms with Gasteiger partial charge in [-0.1, -0.05) is 19.1 Å². The summed E-state index contributed by atoms with van der Waals surface area (Å²) in [5.41, 5.74) is 14.7. The van der Waals surface area contributed by atoms with E-state index in [2.05, 4.69) is 25.3 Å². The average Bonchev–Trinajstić information content (AvgIpc) is 2.72. The van der Waals surface area contributed by atoms with Gasteiger partial charge in [0.15, 0.2) is 17.0 Å². The lowest BCUT2D eigenvalue weighted by Crippen LogP contribution is -2.07. The molecule has 0 spiro atoms. The average molecular weight is 417 g/mol. The van der Waals surface area contributed by atoms with Crippen molar-refractivity contribution in [3.63, 3.8) is 0 Å². The lowest BCUT2D eigenvalue weighted by atomic mass is 10.2. The maximum Gasteiger partial charge on any atom is 0.330 e. The van der Waals surface area contributed by atoms with Crippen LogP contribution >= 0.6 is 7.60 Å². The van der Waals surface area contributed by atoms with Crippen LogP contribution in [0.3, 0.4) is 0 Å². The Bertz CT molecular complexity index is 1030. The molecule has 0 amide bonds. The van der Waals surface area contributed by atoms with Crippen molar-refractivity contribution in [1.82, 2.24) is 19.9 Å². The van der Waals surface area contributed by atoms with Crippen molar-refractivity contribution in [3.05, 3.63) is 41.7 Å². The predicted octanol–water partition coefficient (Wildman–Crippen LogP) is 2.96. The van der Waals surface area contributed by atoms with E-state index < -0.39 is 7.60 Å². The zero-order chi connectivity index (χ0) is 20.9. The lowest BCUT2D eigenvalue weighted by Gasteiger charge is -2.16. The number of aromatic nitrogens is 4. The minimum absolute atomic E-state index is 0.0655. The molecule has 29 heavy (non-hydrogen) atoms. The molecule has 3 aromatic rings. The zero-order valence-corrected chi connectivity index (χ0v) is 17.2. The standard InChI is InChI=1S/C18H24N7O3P/c1-3-27-29(26,4-2)28-11-12-5-7-13(8-6-12)21-9-14-10-22-17-15(23-14)16(19)24-18(20)25-17/h5-8,10,21H,3-4,9,11H2,1-2H3,(H4,19,20,22,24,25). The minimum Gasteiger partial charge on any atom is -0.382 e. The number of hydrogen-bond acceptors (Lipinski definition) is 10. The number of rotatable bonds is 9. The summed E-state index contributed by atoms with van der Waals surface area (Å²) in [6, 6.07) is 7.61. The van der Waals surface area contributed by atoms with E-state index in [1.807, 2.05) is 24.3 Å². The van der Waals surface area contributed by atoms with Gasteiger partial charge in [0.1, 0.15) is 0 Å². The number of fused-ring (bicyclic) bond motifs is 1. The maximum absolute atomic E-state index is 12.3. The SMILES string of the molecule is CCOP(=O)(CC)OCc1ccc(NCc2cnc3nc(N)nc(N)c3n2)cc1. The summed E-state index contributed by atoms with van der Waals surface area (Å²) in [6.07, 6.45) is 1.95. The molecular weight excluding hydrogens is 393 g/mol. The third kappa shape index (κ3) is 5.38. The fourth-order valence-electron chi connectivity index (χ4n) is 2.57. The van der Waals surface area contributed by atoms with E-state index in [9.17, 15) is 4.57 Å². The van der Waals surface area contributed by atoms with Gasteiger partial charge in [-0.3, -0.25) is 4.57 Å². The first-order valence-corrected chi connectivity index (χ1v) is 10.9. The fourth-order valence-corrected chi connectivity index (χ4v) is 3.75. The van der Waals surface area contributed by atoms with Crippen LogP contribution in [0.4, 0.5) is 17.5 Å². The van der Waals surface area contributed by atoms with Crippen molar-refractivity contribution in [3.8, 4) is 0 Å². The molecule has 0 bridgehead atoms. The zero-order valence-electron chi connectivity index (χ0n) is 16.3. The number of nitrogens with zero attached hydrogens (tertiary/aromatic N) is 4. The second kappa shape index (κ2) is 9.13. The quantitative estimate of drug-likeness (QED) is 0.443.